The third kappa shape index (κ3) is 5.98. The van der Waals surface area contributed by atoms with Gasteiger partial charge in [-0.05, 0) is 37.5 Å². The molecule has 0 spiro atoms. The minimum Gasteiger partial charge on any atom is -0.460 e. The summed E-state index contributed by atoms with van der Waals surface area (Å²) in [5, 5.41) is 11.4. The van der Waals surface area contributed by atoms with Crippen molar-refractivity contribution in [1.29, 1.82) is 0 Å². The van der Waals surface area contributed by atoms with E-state index in [-0.39, 0.29) is 30.4 Å². The van der Waals surface area contributed by atoms with Gasteiger partial charge in [-0.3, -0.25) is 9.32 Å². The first-order valence-electron chi connectivity index (χ1n) is 14.7. The van der Waals surface area contributed by atoms with Gasteiger partial charge in [0.25, 0.3) is 0 Å². The summed E-state index contributed by atoms with van der Waals surface area (Å²) in [5.41, 5.74) is 4.99. The van der Waals surface area contributed by atoms with Gasteiger partial charge in [0.05, 0.1) is 17.6 Å². The van der Waals surface area contributed by atoms with Gasteiger partial charge in [-0.15, -0.1) is 6.42 Å². The molecule has 2 fully saturated rings. The van der Waals surface area contributed by atoms with Crippen molar-refractivity contribution in [3.8, 4) is 18.1 Å². The van der Waals surface area contributed by atoms with E-state index in [4.69, 9.17) is 30.7 Å². The fraction of sp³-hybridized carbons (Fsp3) is 0.344. The summed E-state index contributed by atoms with van der Waals surface area (Å²) in [5.74, 6) is 2.25. The zero-order chi connectivity index (χ0) is 32.5. The summed E-state index contributed by atoms with van der Waals surface area (Å²) in [6.07, 6.45) is 4.77. The number of fused-ring (bicyclic) bond motifs is 1. The Labute approximate surface area is 264 Å². The van der Waals surface area contributed by atoms with Gasteiger partial charge < -0.3 is 29.4 Å². The number of nitrogen functional groups attached to an aromatic ring is 1. The normalized spacial score (nSPS) is 26.0. The van der Waals surface area contributed by atoms with Crippen LogP contribution in [0.3, 0.4) is 0 Å². The lowest BCUT2D eigenvalue weighted by molar-refractivity contribution is -0.149. The average molecular weight is 650 g/mol. The number of anilines is 1. The summed E-state index contributed by atoms with van der Waals surface area (Å²) >= 11 is 0. The number of aliphatic hydroxyl groups excluding tert-OH is 1. The van der Waals surface area contributed by atoms with Gasteiger partial charge in [-0.2, -0.15) is 4.67 Å². The topological polar surface area (TPSA) is 151 Å². The predicted octanol–water partition coefficient (Wildman–Crippen LogP) is 4.39. The molecule has 0 radical (unpaired) electrons. The van der Waals surface area contributed by atoms with Crippen LogP contribution in [-0.4, -0.2) is 67.4 Å². The molecule has 4 heterocycles. The molecule has 2 aromatic heterocycles. The minimum absolute atomic E-state index is 0.0410. The Hall–Kier alpha value is -4.31. The first kappa shape index (κ1) is 31.7. The summed E-state index contributed by atoms with van der Waals surface area (Å²) in [6, 6.07) is 16.6. The highest BCUT2D eigenvalue weighted by Gasteiger charge is 2.56. The molecule has 0 amide bonds. The number of rotatable bonds is 10. The van der Waals surface area contributed by atoms with Crippen molar-refractivity contribution >= 4 is 30.6 Å². The molecule has 2 aliphatic heterocycles. The molecule has 6 atom stereocenters. The molecule has 2 aliphatic rings. The van der Waals surface area contributed by atoms with Crippen LogP contribution in [0.25, 0.3) is 11.0 Å². The number of benzene rings is 2. The highest BCUT2D eigenvalue weighted by atomic mass is 31.2. The van der Waals surface area contributed by atoms with Crippen molar-refractivity contribution in [2.45, 2.75) is 56.5 Å². The van der Waals surface area contributed by atoms with Gasteiger partial charge in [0, 0.05) is 12.7 Å². The Morgan fingerprint density at radius 2 is 1.93 bits per heavy atom. The number of nitrogens with two attached hydrogens (primary N) is 1. The highest BCUT2D eigenvalue weighted by molar-refractivity contribution is 7.51. The zero-order valence-electron chi connectivity index (χ0n) is 24.9. The maximum atomic E-state index is 16.3. The lowest BCUT2D eigenvalue weighted by Crippen LogP contribution is -2.41. The molecule has 0 bridgehead atoms. The van der Waals surface area contributed by atoms with Crippen LogP contribution in [0.15, 0.2) is 73.2 Å². The van der Waals surface area contributed by atoms with Crippen molar-refractivity contribution in [3.05, 3.63) is 84.3 Å². The van der Waals surface area contributed by atoms with Gasteiger partial charge in [0.2, 0.25) is 0 Å². The molecule has 3 N–H and O–H groups in total. The Balaban J connectivity index is 1.24. The summed E-state index contributed by atoms with van der Waals surface area (Å²) in [4.78, 5) is 21.4. The number of carbonyl (C=O) groups is 1. The van der Waals surface area contributed by atoms with Crippen molar-refractivity contribution in [1.82, 2.24) is 19.2 Å². The number of alkyl halides is 1. The monoisotopic (exact) mass is 649 g/mol. The summed E-state index contributed by atoms with van der Waals surface area (Å²) in [6.45, 7) is 0.882. The SMILES string of the molecule is C#Cc1cn([C@@H]2O[C@H](COP(=O)(Oc3ccccc3)N3CCCC3C(=O)OCc3ccccc3)[C@@H](O)[C@@]2(C)F)c2ncnc(N)c12. The Bertz CT molecular complexity index is 1800. The molecule has 6 rings (SSSR count). The fourth-order valence-electron chi connectivity index (χ4n) is 5.79. The average Bonchev–Trinajstić information content (AvgIpc) is 3.76. The Kier molecular flexibility index (Phi) is 8.83. The number of carbonyl (C=O) groups excluding carboxylic acids is 1. The number of aromatic nitrogens is 3. The molecule has 2 unspecified atom stereocenters. The summed E-state index contributed by atoms with van der Waals surface area (Å²) < 4.78 is 57.0. The van der Waals surface area contributed by atoms with Crippen molar-refractivity contribution in [2.24, 2.45) is 0 Å². The molecule has 2 aromatic carbocycles. The lowest BCUT2D eigenvalue weighted by atomic mass is 9.98. The number of nitrogens with zero attached hydrogens (tertiary/aromatic N) is 4. The van der Waals surface area contributed by atoms with Gasteiger partial charge in [0.1, 0.15) is 48.4 Å². The Morgan fingerprint density at radius 3 is 2.65 bits per heavy atom. The second kappa shape index (κ2) is 12.8. The van der Waals surface area contributed by atoms with E-state index in [1.54, 1.807) is 30.3 Å². The number of ether oxygens (including phenoxy) is 2. The number of hydrogen-bond donors (Lipinski definition) is 2. The van der Waals surface area contributed by atoms with E-state index in [2.05, 4.69) is 15.9 Å². The number of hydrogen-bond acceptors (Lipinski definition) is 10. The largest absolute Gasteiger partial charge is 0.462 e. The zero-order valence-corrected chi connectivity index (χ0v) is 25.8. The number of aliphatic hydroxyl groups is 1. The third-order valence-corrected chi connectivity index (χ3v) is 10.2. The molecule has 240 valence electrons. The highest BCUT2D eigenvalue weighted by Crippen LogP contribution is 2.56. The van der Waals surface area contributed by atoms with Gasteiger partial charge >= 0.3 is 13.7 Å². The molecule has 14 heteroatoms. The smallest absolute Gasteiger partial charge is 0.460 e. The molecule has 2 saturated heterocycles. The van der Waals surface area contributed by atoms with Crippen molar-refractivity contribution in [3.63, 3.8) is 0 Å². The first-order valence-corrected chi connectivity index (χ1v) is 16.2. The molecule has 0 saturated carbocycles. The number of terminal acetylenes is 1. The van der Waals surface area contributed by atoms with Crippen molar-refractivity contribution in [2.75, 3.05) is 18.9 Å². The standard InChI is InChI=1S/C32H33FN5O7P/c1-3-22-17-37(29-26(22)28(34)35-20-36-29)31-32(2,33)27(39)25(44-31)19-43-46(41,45-23-13-8-5-9-14-23)38-16-10-15-24(38)30(40)42-18-21-11-6-4-7-12-21/h1,4-9,11-14,17,20,24-25,27,31,39H,10,15-16,18-19H2,2H3,(H2,34,35,36)/t24?,25-,27-,31-,32-,46?/m1/s1. The molecule has 12 nitrogen and oxygen atoms in total. The minimum atomic E-state index is -4.31. The van der Waals surface area contributed by atoms with Crippen LogP contribution in [0.1, 0.15) is 37.1 Å². The van der Waals surface area contributed by atoms with Crippen LogP contribution < -0.4 is 10.3 Å². The van der Waals surface area contributed by atoms with Crippen LogP contribution >= 0.6 is 7.75 Å². The van der Waals surface area contributed by atoms with Crippen LogP contribution in [0.4, 0.5) is 10.2 Å². The molecule has 4 aromatic rings. The first-order chi connectivity index (χ1) is 22.1. The predicted molar refractivity (Wildman–Crippen MR) is 166 cm³/mol. The van der Waals surface area contributed by atoms with E-state index in [9.17, 15) is 14.5 Å². The number of para-hydroxylation sites is 1. The lowest BCUT2D eigenvalue weighted by Gasteiger charge is -2.31. The Morgan fingerprint density at radius 1 is 1.22 bits per heavy atom. The summed E-state index contributed by atoms with van der Waals surface area (Å²) in [7, 11) is -4.31. The molecular weight excluding hydrogens is 616 g/mol. The van der Waals surface area contributed by atoms with Crippen LogP contribution in [0.2, 0.25) is 0 Å². The van der Waals surface area contributed by atoms with E-state index >= 15 is 4.39 Å². The fourth-order valence-corrected chi connectivity index (χ4v) is 7.76. The second-order valence-electron chi connectivity index (χ2n) is 11.3. The van der Waals surface area contributed by atoms with E-state index in [1.165, 1.54) is 28.7 Å². The van der Waals surface area contributed by atoms with Crippen molar-refractivity contribution < 1.29 is 37.4 Å². The van der Waals surface area contributed by atoms with E-state index in [0.717, 1.165) is 5.56 Å². The molecule has 46 heavy (non-hydrogen) atoms. The third-order valence-electron chi connectivity index (χ3n) is 8.16. The maximum Gasteiger partial charge on any atom is 0.462 e. The van der Waals surface area contributed by atoms with Crippen LogP contribution in [0, 0.1) is 12.3 Å². The maximum absolute atomic E-state index is 16.3. The quantitative estimate of drug-likeness (QED) is 0.143. The number of halogens is 1. The molecular formula is C32H33FN5O7P. The second-order valence-corrected chi connectivity index (χ2v) is 13.1. The van der Waals surface area contributed by atoms with Gasteiger partial charge in [0.15, 0.2) is 11.9 Å². The van der Waals surface area contributed by atoms with Crippen LogP contribution in [-0.2, 0) is 30.0 Å². The molecule has 0 aliphatic carbocycles. The van der Waals surface area contributed by atoms with Gasteiger partial charge in [-0.25, -0.2) is 18.9 Å². The van der Waals surface area contributed by atoms with Crippen LogP contribution in [0.5, 0.6) is 5.75 Å². The van der Waals surface area contributed by atoms with E-state index in [1.807, 2.05) is 30.3 Å². The van der Waals surface area contributed by atoms with E-state index < -0.39 is 50.5 Å². The number of esters is 1. The van der Waals surface area contributed by atoms with Gasteiger partial charge in [-0.1, -0.05) is 54.5 Å². The van der Waals surface area contributed by atoms with E-state index in [0.29, 0.717) is 23.8 Å².